The van der Waals surface area contributed by atoms with E-state index < -0.39 is 94.0 Å². The molecule has 372 valence electrons. The molecule has 7 amide bonds. The molecular formula is C47H77ClN8O10. The van der Waals surface area contributed by atoms with Crippen LogP contribution in [0.2, 0.25) is 0 Å². The zero-order chi connectivity index (χ0) is 49.3. The van der Waals surface area contributed by atoms with Crippen molar-refractivity contribution in [2.75, 3.05) is 13.1 Å². The van der Waals surface area contributed by atoms with E-state index in [1.54, 1.807) is 25.7 Å². The number of fused-ring (bicyclic) bond motifs is 2. The van der Waals surface area contributed by atoms with E-state index in [4.69, 9.17) is 21.9 Å². The van der Waals surface area contributed by atoms with E-state index in [0.717, 1.165) is 25.7 Å². The SMILES string of the molecule is CC(C)(C)OC(=O)N[C@H](C(=O)N1CC2[C@@H]([C@H]1C(=O)NC(CC1CC1)C(=O)C(N)=O)C2(C)C)C(C)(C)C.CC(C)(C)[C@H](N)C(=O)N1CC2[C@@H]([C@H]1C(=O)NC(CC1CC1)C(=O)C(N)=O)C2(C)C.Cl. The minimum absolute atomic E-state index is 0. The molecule has 6 rings (SSSR count). The maximum Gasteiger partial charge on any atom is 0.408 e. The first-order valence-electron chi connectivity index (χ1n) is 23.2. The number of nitrogens with one attached hydrogen (secondary N) is 3. The van der Waals surface area contributed by atoms with Crippen molar-refractivity contribution in [3.63, 3.8) is 0 Å². The number of alkyl carbamates (subject to hydrolysis) is 1. The Balaban J connectivity index is 0.000000290. The highest BCUT2D eigenvalue weighted by molar-refractivity contribution is 6.38. The van der Waals surface area contributed by atoms with Gasteiger partial charge >= 0.3 is 6.09 Å². The minimum atomic E-state index is -1.08. The summed E-state index contributed by atoms with van der Waals surface area (Å²) >= 11 is 0. The number of piperidine rings is 2. The van der Waals surface area contributed by atoms with E-state index in [2.05, 4.69) is 43.6 Å². The fourth-order valence-corrected chi connectivity index (χ4v) is 10.1. The Morgan fingerprint density at radius 3 is 1.27 bits per heavy atom. The predicted molar refractivity (Wildman–Crippen MR) is 247 cm³/mol. The minimum Gasteiger partial charge on any atom is -0.444 e. The highest BCUT2D eigenvalue weighted by atomic mass is 35.5. The van der Waals surface area contributed by atoms with Gasteiger partial charge in [0.2, 0.25) is 35.2 Å². The second-order valence-electron chi connectivity index (χ2n) is 24.0. The number of nitrogens with two attached hydrogens (primary N) is 3. The zero-order valence-electron chi connectivity index (χ0n) is 41.2. The fourth-order valence-electron chi connectivity index (χ4n) is 10.1. The lowest BCUT2D eigenvalue weighted by Crippen LogP contribution is -2.60. The summed E-state index contributed by atoms with van der Waals surface area (Å²) in [6, 6.07) is -5.09. The third-order valence-corrected chi connectivity index (χ3v) is 14.8. The molecule has 0 aromatic heterocycles. The molecule has 4 unspecified atom stereocenters. The molecule has 6 fully saturated rings. The van der Waals surface area contributed by atoms with Gasteiger partial charge in [-0.3, -0.25) is 38.4 Å². The maximum absolute atomic E-state index is 13.8. The summed E-state index contributed by atoms with van der Waals surface area (Å²) in [4.78, 5) is 117. The molecule has 19 heteroatoms. The number of amides is 7. The summed E-state index contributed by atoms with van der Waals surface area (Å²) in [5, 5.41) is 8.20. The molecule has 4 saturated carbocycles. The highest BCUT2D eigenvalue weighted by Gasteiger charge is 2.71. The van der Waals surface area contributed by atoms with Gasteiger partial charge in [-0.25, -0.2) is 4.79 Å². The highest BCUT2D eigenvalue weighted by Crippen LogP contribution is 2.66. The van der Waals surface area contributed by atoms with Crippen LogP contribution in [0.4, 0.5) is 4.79 Å². The van der Waals surface area contributed by atoms with Crippen molar-refractivity contribution in [1.29, 1.82) is 0 Å². The van der Waals surface area contributed by atoms with Gasteiger partial charge in [-0.15, -0.1) is 12.4 Å². The number of hydrogen-bond acceptors (Lipinski definition) is 11. The van der Waals surface area contributed by atoms with Crippen molar-refractivity contribution in [1.82, 2.24) is 25.8 Å². The number of likely N-dealkylation sites (tertiary alicyclic amines) is 2. The van der Waals surface area contributed by atoms with Crippen LogP contribution in [0.5, 0.6) is 0 Å². The molecule has 2 aliphatic heterocycles. The average molecular weight is 950 g/mol. The number of ether oxygens (including phenoxy) is 1. The molecule has 66 heavy (non-hydrogen) atoms. The number of rotatable bonds is 15. The smallest absolute Gasteiger partial charge is 0.408 e. The van der Waals surface area contributed by atoms with Gasteiger partial charge in [0.05, 0.1) is 18.1 Å². The fraction of sp³-hybridized carbons (Fsp3) is 0.809. The number of hydrogen-bond donors (Lipinski definition) is 6. The molecular weight excluding hydrogens is 872 g/mol. The average Bonchev–Trinajstić information content (AvgIpc) is 4.14. The Labute approximate surface area is 395 Å². The van der Waals surface area contributed by atoms with Crippen molar-refractivity contribution in [3.8, 4) is 0 Å². The summed E-state index contributed by atoms with van der Waals surface area (Å²) in [7, 11) is 0. The van der Waals surface area contributed by atoms with E-state index in [9.17, 15) is 43.2 Å². The first-order valence-corrected chi connectivity index (χ1v) is 23.2. The molecule has 0 spiro atoms. The first-order chi connectivity index (χ1) is 29.6. The van der Waals surface area contributed by atoms with Gasteiger partial charge in [-0.2, -0.15) is 0 Å². The van der Waals surface area contributed by atoms with Crippen LogP contribution < -0.4 is 33.2 Å². The molecule has 10 atom stereocenters. The number of halogens is 1. The standard InChI is InChI=1S/C26H42N4O6.C21H34N4O4.ClH/c1-24(2,3)19(29-23(35)36-25(4,5)6)22(34)30-12-14-16(26(14,7)8)17(30)21(33)28-15(11-13-9-10-13)18(31)20(27)32;1-20(2,3)16(22)19(29)25-9-11-13(21(11,4)5)14(25)18(28)24-12(8-10-6-7-10)15(26)17(23)27;/h13-17,19H,9-12H2,1-8H3,(H2,27,32)(H,28,33)(H,29,35);10-14,16H,6-9,22H2,1-5H3,(H2,23,27)(H,24,28);1H/t14?,15?,16-,17-,19+;11?,12?,13-,14-,16+;/m00./s1. The number of Topliss-reactive ketones (excluding diaryl/α,β-unsaturated/α-hetero) is 2. The topological polar surface area (TPSA) is 283 Å². The first kappa shape index (κ1) is 54.3. The maximum atomic E-state index is 13.8. The Hall–Kier alpha value is -4.32. The normalized spacial score (nSPS) is 27.4. The Morgan fingerprint density at radius 1 is 0.606 bits per heavy atom. The van der Waals surface area contributed by atoms with Gasteiger partial charge in [0, 0.05) is 13.1 Å². The van der Waals surface area contributed by atoms with Gasteiger partial charge < -0.3 is 47.7 Å². The molecule has 4 aliphatic carbocycles. The summed E-state index contributed by atoms with van der Waals surface area (Å²) in [5.74, 6) is -4.35. The van der Waals surface area contributed by atoms with Crippen LogP contribution in [0.3, 0.4) is 0 Å². The van der Waals surface area contributed by atoms with Gasteiger partial charge in [0.15, 0.2) is 0 Å². The lowest BCUT2D eigenvalue weighted by Gasteiger charge is -2.38. The number of nitrogens with zero attached hydrogens (tertiary/aromatic N) is 2. The third kappa shape index (κ3) is 12.0. The van der Waals surface area contributed by atoms with Crippen LogP contribution in [-0.2, 0) is 43.1 Å². The van der Waals surface area contributed by atoms with Gasteiger partial charge in [-0.1, -0.05) is 94.9 Å². The van der Waals surface area contributed by atoms with Gasteiger partial charge in [0.25, 0.3) is 11.8 Å². The number of primary amides is 2. The van der Waals surface area contributed by atoms with Crippen molar-refractivity contribution in [2.45, 2.75) is 170 Å². The summed E-state index contributed by atoms with van der Waals surface area (Å²) < 4.78 is 5.38. The zero-order valence-corrected chi connectivity index (χ0v) is 42.0. The summed E-state index contributed by atoms with van der Waals surface area (Å²) in [5.41, 5.74) is 14.6. The predicted octanol–water partition coefficient (Wildman–Crippen LogP) is 2.35. The molecule has 18 nitrogen and oxygen atoms in total. The van der Waals surface area contributed by atoms with Crippen molar-refractivity contribution < 1.29 is 47.9 Å². The molecule has 0 aromatic carbocycles. The number of carbonyl (C=O) groups is 9. The lowest BCUT2D eigenvalue weighted by molar-refractivity contribution is -0.145. The Kier molecular flexibility index (Phi) is 15.6. The lowest BCUT2D eigenvalue weighted by atomic mass is 9.85. The summed E-state index contributed by atoms with van der Waals surface area (Å²) in [6.07, 6.45) is 3.89. The monoisotopic (exact) mass is 949 g/mol. The van der Waals surface area contributed by atoms with Crippen LogP contribution in [0.15, 0.2) is 0 Å². The second kappa shape index (κ2) is 19.0. The number of carbonyl (C=O) groups excluding carboxylic acids is 9. The van der Waals surface area contributed by atoms with E-state index in [-0.39, 0.29) is 64.6 Å². The van der Waals surface area contributed by atoms with Crippen molar-refractivity contribution in [3.05, 3.63) is 0 Å². The largest absolute Gasteiger partial charge is 0.444 e. The third-order valence-electron chi connectivity index (χ3n) is 14.8. The Bertz CT molecular complexity index is 1960. The van der Waals surface area contributed by atoms with Gasteiger partial charge in [-0.05, 0) is 90.8 Å². The van der Waals surface area contributed by atoms with Crippen LogP contribution in [-0.4, -0.2) is 118 Å². The van der Waals surface area contributed by atoms with Crippen LogP contribution >= 0.6 is 12.4 Å². The molecule has 0 radical (unpaired) electrons. The van der Waals surface area contributed by atoms with Crippen LogP contribution in [0, 0.1) is 57.2 Å². The molecule has 9 N–H and O–H groups in total. The molecule has 6 aliphatic rings. The molecule has 2 saturated heterocycles. The van der Waals surface area contributed by atoms with Crippen molar-refractivity contribution in [2.24, 2.45) is 74.4 Å². The quantitative estimate of drug-likeness (QED) is 0.130. The van der Waals surface area contributed by atoms with E-state index in [0.29, 0.717) is 31.8 Å². The van der Waals surface area contributed by atoms with Crippen LogP contribution in [0.1, 0.15) is 129 Å². The van der Waals surface area contributed by atoms with Crippen LogP contribution in [0.25, 0.3) is 0 Å². The van der Waals surface area contributed by atoms with E-state index in [1.807, 2.05) is 41.5 Å². The second-order valence-corrected chi connectivity index (χ2v) is 24.0. The number of ketones is 2. The molecule has 2 heterocycles. The molecule has 0 bridgehead atoms. The van der Waals surface area contributed by atoms with Gasteiger partial charge in [0.1, 0.15) is 23.7 Å². The van der Waals surface area contributed by atoms with Crippen molar-refractivity contribution >= 4 is 65.5 Å². The summed E-state index contributed by atoms with van der Waals surface area (Å²) in [6.45, 7) is 25.5. The molecule has 0 aromatic rings. The van der Waals surface area contributed by atoms with E-state index in [1.165, 1.54) is 4.90 Å². The Morgan fingerprint density at radius 2 is 0.970 bits per heavy atom. The van der Waals surface area contributed by atoms with E-state index >= 15 is 0 Å².